The zero-order chi connectivity index (χ0) is 13.5. The minimum absolute atomic E-state index is 0.722. The summed E-state index contributed by atoms with van der Waals surface area (Å²) in [5, 5.41) is 1.16. The SMILES string of the molecule is Nc1cccc2ccn(Cc3cn4ccccc4n3)c12. The van der Waals surface area contributed by atoms with Crippen molar-refractivity contribution in [3.63, 3.8) is 0 Å². The molecule has 98 valence electrons. The molecule has 0 unspecified atom stereocenters. The highest BCUT2D eigenvalue weighted by atomic mass is 15.0. The zero-order valence-corrected chi connectivity index (χ0v) is 10.9. The molecule has 0 aliphatic heterocycles. The Kier molecular flexibility index (Phi) is 2.29. The van der Waals surface area contributed by atoms with Crippen molar-refractivity contribution in [1.82, 2.24) is 14.0 Å². The van der Waals surface area contributed by atoms with Gasteiger partial charge >= 0.3 is 0 Å². The molecule has 3 aromatic heterocycles. The van der Waals surface area contributed by atoms with Crippen molar-refractivity contribution in [3.8, 4) is 0 Å². The molecule has 0 aliphatic carbocycles. The highest BCUT2D eigenvalue weighted by Crippen LogP contribution is 2.22. The number of aromatic nitrogens is 3. The maximum Gasteiger partial charge on any atom is 0.137 e. The van der Waals surface area contributed by atoms with Crippen molar-refractivity contribution in [2.24, 2.45) is 0 Å². The predicted molar refractivity (Wildman–Crippen MR) is 80.6 cm³/mol. The normalized spacial score (nSPS) is 11.4. The highest BCUT2D eigenvalue weighted by molar-refractivity contribution is 5.90. The van der Waals surface area contributed by atoms with Crippen LogP contribution in [0.25, 0.3) is 16.6 Å². The molecule has 0 fully saturated rings. The molecular formula is C16H14N4. The fourth-order valence-corrected chi connectivity index (χ4v) is 2.66. The molecule has 20 heavy (non-hydrogen) atoms. The Morgan fingerprint density at radius 3 is 2.85 bits per heavy atom. The summed E-state index contributed by atoms with van der Waals surface area (Å²) in [6.07, 6.45) is 6.12. The van der Waals surface area contributed by atoms with E-state index in [1.54, 1.807) is 0 Å². The van der Waals surface area contributed by atoms with Gasteiger partial charge in [0.1, 0.15) is 5.65 Å². The lowest BCUT2D eigenvalue weighted by atomic mass is 10.2. The monoisotopic (exact) mass is 262 g/mol. The summed E-state index contributed by atoms with van der Waals surface area (Å²) >= 11 is 0. The van der Waals surface area contributed by atoms with Crippen LogP contribution in [0.5, 0.6) is 0 Å². The third kappa shape index (κ3) is 1.66. The summed E-state index contributed by atoms with van der Waals surface area (Å²) in [4.78, 5) is 4.63. The third-order valence-electron chi connectivity index (χ3n) is 3.57. The van der Waals surface area contributed by atoms with E-state index in [9.17, 15) is 0 Å². The summed E-state index contributed by atoms with van der Waals surface area (Å²) in [5.41, 5.74) is 9.95. The van der Waals surface area contributed by atoms with E-state index in [1.807, 2.05) is 40.9 Å². The fraction of sp³-hybridized carbons (Fsp3) is 0.0625. The Morgan fingerprint density at radius 1 is 1.00 bits per heavy atom. The van der Waals surface area contributed by atoms with E-state index in [2.05, 4.69) is 34.1 Å². The number of rotatable bonds is 2. The third-order valence-corrected chi connectivity index (χ3v) is 3.57. The van der Waals surface area contributed by atoms with Gasteiger partial charge in [-0.1, -0.05) is 18.2 Å². The first-order chi connectivity index (χ1) is 9.81. The predicted octanol–water partition coefficient (Wildman–Crippen LogP) is 2.92. The van der Waals surface area contributed by atoms with Gasteiger partial charge in [0, 0.05) is 24.0 Å². The molecule has 0 amide bonds. The lowest BCUT2D eigenvalue weighted by Gasteiger charge is -2.05. The summed E-state index contributed by atoms with van der Waals surface area (Å²) in [5.74, 6) is 0. The van der Waals surface area contributed by atoms with Crippen molar-refractivity contribution in [1.29, 1.82) is 0 Å². The van der Waals surface area contributed by atoms with Crippen LogP contribution >= 0.6 is 0 Å². The number of nitrogens with two attached hydrogens (primary N) is 1. The first-order valence-electron chi connectivity index (χ1n) is 6.57. The van der Waals surface area contributed by atoms with Gasteiger partial charge in [-0.25, -0.2) is 4.98 Å². The van der Waals surface area contributed by atoms with Crippen molar-refractivity contribution in [3.05, 3.63) is 66.7 Å². The molecule has 0 saturated heterocycles. The number of anilines is 1. The molecule has 0 atom stereocenters. The van der Waals surface area contributed by atoms with Crippen LogP contribution in [0.2, 0.25) is 0 Å². The molecule has 4 aromatic rings. The van der Waals surface area contributed by atoms with Crippen LogP contribution in [0.1, 0.15) is 5.69 Å². The topological polar surface area (TPSA) is 48.2 Å². The van der Waals surface area contributed by atoms with Crippen molar-refractivity contribution in [2.75, 3.05) is 5.73 Å². The molecular weight excluding hydrogens is 248 g/mol. The molecule has 3 heterocycles. The van der Waals surface area contributed by atoms with Gasteiger partial charge in [-0.3, -0.25) is 0 Å². The van der Waals surface area contributed by atoms with E-state index < -0.39 is 0 Å². The zero-order valence-electron chi connectivity index (χ0n) is 10.9. The molecule has 1 aromatic carbocycles. The Balaban J connectivity index is 1.80. The quantitative estimate of drug-likeness (QED) is 0.565. The van der Waals surface area contributed by atoms with Crippen LogP contribution in [-0.2, 0) is 6.54 Å². The van der Waals surface area contributed by atoms with Crippen LogP contribution in [0.15, 0.2) is 61.1 Å². The van der Waals surface area contributed by atoms with Gasteiger partial charge in [0.05, 0.1) is 23.4 Å². The van der Waals surface area contributed by atoms with Crippen LogP contribution < -0.4 is 5.73 Å². The van der Waals surface area contributed by atoms with E-state index in [0.29, 0.717) is 0 Å². The van der Waals surface area contributed by atoms with Crippen LogP contribution in [0, 0.1) is 0 Å². The first-order valence-corrected chi connectivity index (χ1v) is 6.57. The Hall–Kier alpha value is -2.75. The molecule has 2 N–H and O–H groups in total. The Bertz CT molecular complexity index is 868. The van der Waals surface area contributed by atoms with Crippen molar-refractivity contribution < 1.29 is 0 Å². The summed E-state index contributed by atoms with van der Waals surface area (Å²) in [6, 6.07) is 14.1. The van der Waals surface area contributed by atoms with Crippen LogP contribution in [-0.4, -0.2) is 14.0 Å². The van der Waals surface area contributed by atoms with Gasteiger partial charge in [-0.2, -0.15) is 0 Å². The lowest BCUT2D eigenvalue weighted by molar-refractivity contribution is 0.816. The molecule has 4 heteroatoms. The van der Waals surface area contributed by atoms with Gasteiger partial charge in [0.2, 0.25) is 0 Å². The Labute approximate surface area is 116 Å². The fourth-order valence-electron chi connectivity index (χ4n) is 2.66. The van der Waals surface area contributed by atoms with Gasteiger partial charge < -0.3 is 14.7 Å². The van der Waals surface area contributed by atoms with E-state index in [0.717, 1.165) is 34.5 Å². The van der Waals surface area contributed by atoms with Crippen molar-refractivity contribution >= 4 is 22.2 Å². The first kappa shape index (κ1) is 11.1. The number of pyridine rings is 1. The van der Waals surface area contributed by atoms with Crippen molar-refractivity contribution in [2.45, 2.75) is 6.54 Å². The summed E-state index contributed by atoms with van der Waals surface area (Å²) in [6.45, 7) is 0.722. The van der Waals surface area contributed by atoms with Crippen LogP contribution in [0.3, 0.4) is 0 Å². The van der Waals surface area contributed by atoms with Crippen LogP contribution in [0.4, 0.5) is 5.69 Å². The average molecular weight is 262 g/mol. The number of nitrogen functional groups attached to an aromatic ring is 1. The van der Waals surface area contributed by atoms with Gasteiger partial charge in [0.15, 0.2) is 0 Å². The number of para-hydroxylation sites is 1. The number of fused-ring (bicyclic) bond motifs is 2. The number of hydrogen-bond acceptors (Lipinski definition) is 2. The minimum Gasteiger partial charge on any atom is -0.397 e. The average Bonchev–Trinajstić information content (AvgIpc) is 3.03. The molecule has 0 saturated carbocycles. The van der Waals surface area contributed by atoms with E-state index in [4.69, 9.17) is 5.73 Å². The van der Waals surface area contributed by atoms with Gasteiger partial charge in [-0.05, 0) is 24.3 Å². The highest BCUT2D eigenvalue weighted by Gasteiger charge is 2.07. The molecule has 0 radical (unpaired) electrons. The van der Waals surface area contributed by atoms with E-state index >= 15 is 0 Å². The molecule has 0 spiro atoms. The molecule has 4 nitrogen and oxygen atoms in total. The number of hydrogen-bond donors (Lipinski definition) is 1. The summed E-state index contributed by atoms with van der Waals surface area (Å²) in [7, 11) is 0. The molecule has 4 rings (SSSR count). The smallest absolute Gasteiger partial charge is 0.137 e. The number of benzene rings is 1. The second kappa shape index (κ2) is 4.13. The van der Waals surface area contributed by atoms with Gasteiger partial charge in [-0.15, -0.1) is 0 Å². The van der Waals surface area contributed by atoms with Gasteiger partial charge in [0.25, 0.3) is 0 Å². The van der Waals surface area contributed by atoms with E-state index in [-0.39, 0.29) is 0 Å². The second-order valence-electron chi connectivity index (χ2n) is 4.93. The standard InChI is InChI=1S/C16H14N4/c17-14-5-3-4-12-7-9-20(16(12)14)11-13-10-19-8-2-1-6-15(19)18-13/h1-10H,11,17H2. The largest absolute Gasteiger partial charge is 0.397 e. The minimum atomic E-state index is 0.722. The second-order valence-corrected chi connectivity index (χ2v) is 4.93. The Morgan fingerprint density at radius 2 is 1.95 bits per heavy atom. The molecule has 0 bridgehead atoms. The maximum absolute atomic E-state index is 6.08. The molecule has 0 aliphatic rings. The summed E-state index contributed by atoms with van der Waals surface area (Å²) < 4.78 is 4.18. The maximum atomic E-state index is 6.08. The number of nitrogens with zero attached hydrogens (tertiary/aromatic N) is 3. The lowest BCUT2D eigenvalue weighted by Crippen LogP contribution is -2.00. The van der Waals surface area contributed by atoms with E-state index in [1.165, 1.54) is 0 Å². The number of imidazole rings is 1.